The van der Waals surface area contributed by atoms with Crippen LogP contribution in [0.2, 0.25) is 5.02 Å². The highest BCUT2D eigenvalue weighted by Gasteiger charge is 2.07. The van der Waals surface area contributed by atoms with Gasteiger partial charge in [-0.25, -0.2) is 0 Å². The molecule has 1 rings (SSSR count). The van der Waals surface area contributed by atoms with Gasteiger partial charge in [-0.15, -0.1) is 0 Å². The molecule has 2 nitrogen and oxygen atoms in total. The van der Waals surface area contributed by atoms with Gasteiger partial charge in [0.05, 0.1) is 7.11 Å². The first kappa shape index (κ1) is 12.1. The van der Waals surface area contributed by atoms with Crippen molar-refractivity contribution in [2.24, 2.45) is 0 Å². The largest absolute Gasteiger partial charge is 0.496 e. The molecule has 0 bridgehead atoms. The molecule has 0 saturated carbocycles. The van der Waals surface area contributed by atoms with Crippen LogP contribution in [0.25, 0.3) is 0 Å². The zero-order valence-electron chi connectivity index (χ0n) is 9.26. The van der Waals surface area contributed by atoms with Crippen molar-refractivity contribution in [2.75, 3.05) is 7.11 Å². The number of hydrogen-bond donors (Lipinski definition) is 0. The van der Waals surface area contributed by atoms with E-state index in [1.807, 2.05) is 19.1 Å². The molecule has 0 heterocycles. The average Bonchev–Trinajstić information content (AvgIpc) is 2.19. The Morgan fingerprint density at radius 1 is 1.47 bits per heavy atom. The highest BCUT2D eigenvalue weighted by Crippen LogP contribution is 2.27. The molecule has 1 aromatic carbocycles. The molecular formula is C12H15ClO2. The second-order valence-electron chi connectivity index (χ2n) is 3.62. The van der Waals surface area contributed by atoms with Crippen LogP contribution in [0.4, 0.5) is 0 Å². The van der Waals surface area contributed by atoms with E-state index in [1.165, 1.54) is 0 Å². The molecule has 0 radical (unpaired) electrons. The van der Waals surface area contributed by atoms with Gasteiger partial charge in [0.2, 0.25) is 0 Å². The fourth-order valence-electron chi connectivity index (χ4n) is 1.39. The molecule has 0 amide bonds. The number of aryl methyl sites for hydroxylation is 2. The zero-order chi connectivity index (χ0) is 11.4. The Bertz CT molecular complexity index is 372. The molecule has 0 aliphatic rings. The normalized spacial score (nSPS) is 10.1. The van der Waals surface area contributed by atoms with Gasteiger partial charge in [-0.2, -0.15) is 0 Å². The molecule has 0 N–H and O–H groups in total. The fourth-order valence-corrected chi connectivity index (χ4v) is 1.58. The Hall–Kier alpha value is -1.02. The smallest absolute Gasteiger partial charge is 0.130 e. The van der Waals surface area contributed by atoms with Crippen molar-refractivity contribution in [3.8, 4) is 5.75 Å². The van der Waals surface area contributed by atoms with Gasteiger partial charge in [0.25, 0.3) is 0 Å². The van der Waals surface area contributed by atoms with Crippen LogP contribution in [0.5, 0.6) is 5.75 Å². The van der Waals surface area contributed by atoms with Crippen LogP contribution in [0.1, 0.15) is 24.5 Å². The average molecular weight is 227 g/mol. The second-order valence-corrected chi connectivity index (χ2v) is 4.02. The second kappa shape index (κ2) is 5.17. The van der Waals surface area contributed by atoms with Gasteiger partial charge in [0.1, 0.15) is 11.5 Å². The van der Waals surface area contributed by atoms with Gasteiger partial charge in [0.15, 0.2) is 0 Å². The van der Waals surface area contributed by atoms with Crippen LogP contribution in [-0.2, 0) is 11.2 Å². The first-order valence-corrected chi connectivity index (χ1v) is 5.25. The van der Waals surface area contributed by atoms with Crippen LogP contribution in [0.3, 0.4) is 0 Å². The number of carbonyl (C=O) groups is 1. The minimum absolute atomic E-state index is 0.175. The van der Waals surface area contributed by atoms with Gasteiger partial charge in [-0.1, -0.05) is 11.6 Å². The van der Waals surface area contributed by atoms with E-state index in [4.69, 9.17) is 16.3 Å². The summed E-state index contributed by atoms with van der Waals surface area (Å²) in [7, 11) is 1.62. The summed E-state index contributed by atoms with van der Waals surface area (Å²) in [4.78, 5) is 10.9. The van der Waals surface area contributed by atoms with Crippen LogP contribution in [-0.4, -0.2) is 12.9 Å². The molecule has 0 aliphatic carbocycles. The molecule has 3 heteroatoms. The van der Waals surface area contributed by atoms with Crippen LogP contribution in [0.15, 0.2) is 12.1 Å². The zero-order valence-corrected chi connectivity index (χ0v) is 10.0. The molecule has 0 saturated heterocycles. The number of rotatable bonds is 4. The molecule has 0 fully saturated rings. The van der Waals surface area contributed by atoms with Crippen molar-refractivity contribution in [1.82, 2.24) is 0 Å². The number of ketones is 1. The van der Waals surface area contributed by atoms with E-state index in [0.29, 0.717) is 17.9 Å². The van der Waals surface area contributed by atoms with Crippen LogP contribution in [0, 0.1) is 6.92 Å². The van der Waals surface area contributed by atoms with E-state index in [1.54, 1.807) is 14.0 Å². The first-order chi connectivity index (χ1) is 7.04. The van der Waals surface area contributed by atoms with Gasteiger partial charge in [0, 0.05) is 11.4 Å². The Labute approximate surface area is 95.2 Å². The summed E-state index contributed by atoms with van der Waals surface area (Å²) in [6.07, 6.45) is 1.20. The van der Waals surface area contributed by atoms with E-state index >= 15 is 0 Å². The minimum atomic E-state index is 0.175. The standard InChI is InChI=1S/C12H15ClO2/c1-8-6-12(15-3)10(7-11(8)13)5-4-9(2)14/h6-7H,4-5H2,1-3H3. The molecule has 0 unspecified atom stereocenters. The quantitative estimate of drug-likeness (QED) is 0.788. The number of Topliss-reactive ketones (excluding diaryl/α,β-unsaturated/α-hetero) is 1. The third kappa shape index (κ3) is 3.24. The monoisotopic (exact) mass is 226 g/mol. The van der Waals surface area contributed by atoms with Crippen molar-refractivity contribution in [3.63, 3.8) is 0 Å². The van der Waals surface area contributed by atoms with E-state index in [9.17, 15) is 4.79 Å². The third-order valence-corrected chi connectivity index (χ3v) is 2.72. The first-order valence-electron chi connectivity index (χ1n) is 4.87. The molecular weight excluding hydrogens is 212 g/mol. The van der Waals surface area contributed by atoms with Crippen LogP contribution >= 0.6 is 11.6 Å². The Morgan fingerprint density at radius 2 is 2.13 bits per heavy atom. The van der Waals surface area contributed by atoms with E-state index in [-0.39, 0.29) is 5.78 Å². The summed E-state index contributed by atoms with van der Waals surface area (Å²) in [6, 6.07) is 3.77. The lowest BCUT2D eigenvalue weighted by atomic mass is 10.0. The van der Waals surface area contributed by atoms with Crippen molar-refractivity contribution in [1.29, 1.82) is 0 Å². The molecule has 1 aromatic rings. The maximum Gasteiger partial charge on any atom is 0.130 e. The van der Waals surface area contributed by atoms with Crippen molar-refractivity contribution < 1.29 is 9.53 Å². The SMILES string of the molecule is COc1cc(C)c(Cl)cc1CCC(C)=O. The maximum absolute atomic E-state index is 10.9. The molecule has 0 aromatic heterocycles. The summed E-state index contributed by atoms with van der Waals surface area (Å²) < 4.78 is 5.24. The maximum atomic E-state index is 10.9. The summed E-state index contributed by atoms with van der Waals surface area (Å²) in [5.74, 6) is 0.979. The lowest BCUT2D eigenvalue weighted by Crippen LogP contribution is -1.98. The van der Waals surface area contributed by atoms with Crippen molar-refractivity contribution in [2.45, 2.75) is 26.7 Å². The summed E-state index contributed by atoms with van der Waals surface area (Å²) >= 11 is 6.02. The number of ether oxygens (including phenoxy) is 1. The molecule has 82 valence electrons. The Kier molecular flexibility index (Phi) is 4.15. The molecule has 0 atom stereocenters. The topological polar surface area (TPSA) is 26.3 Å². The van der Waals surface area contributed by atoms with Gasteiger partial charge < -0.3 is 9.53 Å². The summed E-state index contributed by atoms with van der Waals surface area (Å²) in [6.45, 7) is 3.52. The minimum Gasteiger partial charge on any atom is -0.496 e. The highest BCUT2D eigenvalue weighted by molar-refractivity contribution is 6.31. The Balaban J connectivity index is 2.94. The predicted octanol–water partition coefficient (Wildman–Crippen LogP) is 3.18. The Morgan fingerprint density at radius 3 is 2.67 bits per heavy atom. The number of halogens is 1. The van der Waals surface area contributed by atoms with Crippen molar-refractivity contribution >= 4 is 17.4 Å². The lowest BCUT2D eigenvalue weighted by Gasteiger charge is -2.10. The summed E-state index contributed by atoms with van der Waals surface area (Å²) in [5.41, 5.74) is 1.98. The molecule has 15 heavy (non-hydrogen) atoms. The molecule has 0 spiro atoms. The highest BCUT2D eigenvalue weighted by atomic mass is 35.5. The van der Waals surface area contributed by atoms with Crippen LogP contribution < -0.4 is 4.74 Å². The number of carbonyl (C=O) groups excluding carboxylic acids is 1. The van der Waals surface area contributed by atoms with E-state index in [0.717, 1.165) is 16.9 Å². The number of hydrogen-bond acceptors (Lipinski definition) is 2. The summed E-state index contributed by atoms with van der Waals surface area (Å²) in [5, 5.41) is 0.717. The van der Waals surface area contributed by atoms with Gasteiger partial charge in [-0.05, 0) is 43.5 Å². The van der Waals surface area contributed by atoms with Gasteiger partial charge in [-0.3, -0.25) is 0 Å². The molecule has 0 aliphatic heterocycles. The van der Waals surface area contributed by atoms with Gasteiger partial charge >= 0.3 is 0 Å². The third-order valence-electron chi connectivity index (χ3n) is 2.31. The van der Waals surface area contributed by atoms with Crippen molar-refractivity contribution in [3.05, 3.63) is 28.3 Å². The lowest BCUT2D eigenvalue weighted by molar-refractivity contribution is -0.116. The van der Waals surface area contributed by atoms with E-state index < -0.39 is 0 Å². The number of benzene rings is 1. The predicted molar refractivity (Wildman–Crippen MR) is 61.7 cm³/mol. The fraction of sp³-hybridized carbons (Fsp3) is 0.417. The van der Waals surface area contributed by atoms with E-state index in [2.05, 4.69) is 0 Å². The number of methoxy groups -OCH3 is 1.